The van der Waals surface area contributed by atoms with Crippen molar-refractivity contribution in [1.29, 1.82) is 5.41 Å². The predicted octanol–water partition coefficient (Wildman–Crippen LogP) is 2.58. The summed E-state index contributed by atoms with van der Waals surface area (Å²) in [5.74, 6) is 0.140. The third kappa shape index (κ3) is 1.24. The molecule has 1 heterocycles. The number of hydrogen-bond donors (Lipinski definition) is 2. The zero-order valence-electron chi connectivity index (χ0n) is 7.57. The van der Waals surface area contributed by atoms with E-state index in [4.69, 9.17) is 10.1 Å². The molecule has 0 amide bonds. The molecule has 72 valence electrons. The molecule has 0 saturated heterocycles. The van der Waals surface area contributed by atoms with E-state index < -0.39 is 0 Å². The van der Waals surface area contributed by atoms with Gasteiger partial charge in [0.2, 0.25) is 5.90 Å². The van der Waals surface area contributed by atoms with Crippen LogP contribution in [0.15, 0.2) is 24.3 Å². The van der Waals surface area contributed by atoms with Crippen LogP contribution in [0.2, 0.25) is 0 Å². The Balaban J connectivity index is 2.68. The van der Waals surface area contributed by atoms with Gasteiger partial charge in [0.25, 0.3) is 0 Å². The van der Waals surface area contributed by atoms with Gasteiger partial charge in [-0.2, -0.15) is 0 Å². The largest absolute Gasteiger partial charge is 0.506 e. The Labute approximate surface area is 85.1 Å². The van der Waals surface area contributed by atoms with E-state index in [1.54, 1.807) is 0 Å². The molecule has 14 heavy (non-hydrogen) atoms. The van der Waals surface area contributed by atoms with Crippen LogP contribution in [0, 0.1) is 5.41 Å². The fourth-order valence-corrected chi connectivity index (χ4v) is 2.30. The lowest BCUT2D eigenvalue weighted by Gasteiger charge is -1.97. The fourth-order valence-electron chi connectivity index (χ4n) is 1.28. The first-order chi connectivity index (χ1) is 6.74. The summed E-state index contributed by atoms with van der Waals surface area (Å²) in [6.07, 6.45) is 0. The lowest BCUT2D eigenvalue weighted by atomic mass is 10.2. The topological polar surface area (TPSA) is 53.3 Å². The number of ether oxygens (including phenoxy) is 1. The summed E-state index contributed by atoms with van der Waals surface area (Å²) >= 11 is 1.36. The quantitative estimate of drug-likeness (QED) is 0.557. The molecule has 4 heteroatoms. The van der Waals surface area contributed by atoms with Crippen LogP contribution in [0.4, 0.5) is 0 Å². The second-order valence-electron chi connectivity index (χ2n) is 2.81. The van der Waals surface area contributed by atoms with Crippen LogP contribution in [0.25, 0.3) is 10.1 Å². The summed E-state index contributed by atoms with van der Waals surface area (Å²) < 4.78 is 5.74. The summed E-state index contributed by atoms with van der Waals surface area (Å²) in [4.78, 5) is 0.480. The van der Waals surface area contributed by atoms with Crippen LogP contribution < -0.4 is 0 Å². The molecule has 0 aliphatic rings. The number of aromatic hydroxyl groups is 1. The van der Waals surface area contributed by atoms with Gasteiger partial charge in [-0.05, 0) is 12.1 Å². The molecule has 2 N–H and O–H groups in total. The first-order valence-corrected chi connectivity index (χ1v) is 4.89. The highest BCUT2D eigenvalue weighted by Crippen LogP contribution is 2.36. The number of fused-ring (bicyclic) bond motifs is 1. The van der Waals surface area contributed by atoms with Crippen molar-refractivity contribution < 1.29 is 9.84 Å². The number of nitrogens with one attached hydrogen (secondary N) is 1. The fraction of sp³-hybridized carbons (Fsp3) is 0.100. The molecular formula is C10H9NO2S. The Bertz CT molecular complexity index is 490. The van der Waals surface area contributed by atoms with Crippen LogP contribution in [0.1, 0.15) is 4.88 Å². The van der Waals surface area contributed by atoms with E-state index in [1.807, 2.05) is 24.3 Å². The molecule has 0 bridgehead atoms. The highest BCUT2D eigenvalue weighted by Gasteiger charge is 2.14. The molecule has 0 aliphatic heterocycles. The maximum absolute atomic E-state index is 9.78. The Morgan fingerprint density at radius 2 is 2.14 bits per heavy atom. The minimum atomic E-state index is 0.00343. The molecule has 1 aromatic heterocycles. The van der Waals surface area contributed by atoms with Crippen LogP contribution in [0.3, 0.4) is 0 Å². The summed E-state index contributed by atoms with van der Waals surface area (Å²) in [5.41, 5.74) is 0. The summed E-state index contributed by atoms with van der Waals surface area (Å²) in [5, 5.41) is 18.0. The number of hydrogen-bond acceptors (Lipinski definition) is 4. The maximum Gasteiger partial charge on any atom is 0.227 e. The van der Waals surface area contributed by atoms with E-state index in [-0.39, 0.29) is 11.6 Å². The van der Waals surface area contributed by atoms with Gasteiger partial charge in [-0.1, -0.05) is 12.1 Å². The van der Waals surface area contributed by atoms with Crippen molar-refractivity contribution in [1.82, 2.24) is 0 Å². The Kier molecular flexibility index (Phi) is 2.13. The van der Waals surface area contributed by atoms with Crippen molar-refractivity contribution in [2.45, 2.75) is 0 Å². The highest BCUT2D eigenvalue weighted by atomic mass is 32.1. The van der Waals surface area contributed by atoms with Gasteiger partial charge in [0.05, 0.1) is 7.11 Å². The smallest absolute Gasteiger partial charge is 0.227 e. The van der Waals surface area contributed by atoms with Crippen molar-refractivity contribution in [2.24, 2.45) is 0 Å². The summed E-state index contributed by atoms with van der Waals surface area (Å²) in [7, 11) is 1.42. The van der Waals surface area contributed by atoms with Crippen LogP contribution in [-0.4, -0.2) is 18.1 Å². The van der Waals surface area contributed by atoms with Crippen molar-refractivity contribution in [3.05, 3.63) is 29.1 Å². The second kappa shape index (κ2) is 3.31. The van der Waals surface area contributed by atoms with E-state index in [0.29, 0.717) is 4.88 Å². The molecule has 0 atom stereocenters. The average molecular weight is 207 g/mol. The van der Waals surface area contributed by atoms with Crippen molar-refractivity contribution >= 4 is 27.3 Å². The number of methoxy groups -OCH3 is 1. The van der Waals surface area contributed by atoms with Gasteiger partial charge in [0, 0.05) is 10.1 Å². The monoisotopic (exact) mass is 207 g/mol. The van der Waals surface area contributed by atoms with E-state index in [2.05, 4.69) is 0 Å². The molecule has 0 saturated carbocycles. The van der Waals surface area contributed by atoms with Gasteiger partial charge in [-0.3, -0.25) is 5.41 Å². The number of thiophene rings is 1. The lowest BCUT2D eigenvalue weighted by molar-refractivity contribution is 0.398. The van der Waals surface area contributed by atoms with E-state index in [0.717, 1.165) is 10.1 Å². The van der Waals surface area contributed by atoms with Gasteiger partial charge < -0.3 is 9.84 Å². The third-order valence-corrected chi connectivity index (χ3v) is 3.14. The molecular weight excluding hydrogens is 198 g/mol. The Hall–Kier alpha value is -1.55. The zero-order chi connectivity index (χ0) is 10.1. The summed E-state index contributed by atoms with van der Waals surface area (Å²) in [6, 6.07) is 7.49. The van der Waals surface area contributed by atoms with E-state index >= 15 is 0 Å². The Morgan fingerprint density at radius 1 is 1.43 bits per heavy atom. The molecule has 3 nitrogen and oxygen atoms in total. The third-order valence-electron chi connectivity index (χ3n) is 1.98. The van der Waals surface area contributed by atoms with Crippen LogP contribution >= 0.6 is 11.3 Å². The lowest BCUT2D eigenvalue weighted by Crippen LogP contribution is -1.97. The molecule has 0 unspecified atom stereocenters. The van der Waals surface area contributed by atoms with Gasteiger partial charge in [-0.25, -0.2) is 0 Å². The second-order valence-corrected chi connectivity index (χ2v) is 3.86. The normalized spacial score (nSPS) is 10.4. The first kappa shape index (κ1) is 9.02. The minimum absolute atomic E-state index is 0.00343. The van der Waals surface area contributed by atoms with E-state index in [1.165, 1.54) is 18.4 Å². The SMILES string of the molecule is COC(=N)c1sc2ccccc2c1O. The Morgan fingerprint density at radius 3 is 2.79 bits per heavy atom. The molecule has 2 aromatic rings. The molecule has 2 rings (SSSR count). The van der Waals surface area contributed by atoms with Crippen molar-refractivity contribution in [2.75, 3.05) is 7.11 Å². The van der Waals surface area contributed by atoms with Crippen molar-refractivity contribution in [3.63, 3.8) is 0 Å². The molecule has 0 spiro atoms. The zero-order valence-corrected chi connectivity index (χ0v) is 8.39. The minimum Gasteiger partial charge on any atom is -0.506 e. The predicted molar refractivity (Wildman–Crippen MR) is 57.3 cm³/mol. The van der Waals surface area contributed by atoms with Gasteiger partial charge in [0.15, 0.2) is 0 Å². The van der Waals surface area contributed by atoms with Crippen molar-refractivity contribution in [3.8, 4) is 5.75 Å². The first-order valence-electron chi connectivity index (χ1n) is 4.07. The van der Waals surface area contributed by atoms with Crippen LogP contribution in [0.5, 0.6) is 5.75 Å². The maximum atomic E-state index is 9.78. The number of benzene rings is 1. The molecule has 1 aromatic carbocycles. The van der Waals surface area contributed by atoms with Gasteiger partial charge >= 0.3 is 0 Å². The standard InChI is InChI=1S/C10H9NO2S/c1-13-10(11)9-8(12)6-4-2-3-5-7(6)14-9/h2-5,11-12H,1H3. The van der Waals surface area contributed by atoms with Crippen LogP contribution in [-0.2, 0) is 4.74 Å². The average Bonchev–Trinajstić information content (AvgIpc) is 2.56. The number of rotatable bonds is 1. The molecule has 0 aliphatic carbocycles. The van der Waals surface area contributed by atoms with Gasteiger partial charge in [0.1, 0.15) is 10.6 Å². The summed E-state index contributed by atoms with van der Waals surface area (Å²) in [6.45, 7) is 0. The van der Waals surface area contributed by atoms with Gasteiger partial charge in [-0.15, -0.1) is 11.3 Å². The molecule has 0 radical (unpaired) electrons. The molecule has 0 fully saturated rings. The highest BCUT2D eigenvalue weighted by molar-refractivity contribution is 7.21. The van der Waals surface area contributed by atoms with E-state index in [9.17, 15) is 5.11 Å².